The van der Waals surface area contributed by atoms with Crippen LogP contribution in [0.1, 0.15) is 34.1 Å². The van der Waals surface area contributed by atoms with Crippen LogP contribution < -0.4 is 4.90 Å². The molecular weight excluding hydrogens is 434 g/mol. The lowest BCUT2D eigenvalue weighted by molar-refractivity contribution is 0.211. The SMILES string of the molecule is Cc1n[nH]c(C)c1C(c1ccccc1)N1CCN(c2nccnc2-c2ccc(CC#N)cc2)CC1. The quantitative estimate of drug-likeness (QED) is 0.454. The van der Waals surface area contributed by atoms with E-state index in [-0.39, 0.29) is 6.04 Å². The third kappa shape index (κ3) is 4.66. The summed E-state index contributed by atoms with van der Waals surface area (Å²) in [7, 11) is 0. The van der Waals surface area contributed by atoms with Crippen LogP contribution in [-0.4, -0.2) is 51.2 Å². The van der Waals surface area contributed by atoms with Gasteiger partial charge in [0.15, 0.2) is 5.82 Å². The molecule has 0 bridgehead atoms. The Hall–Kier alpha value is -4.02. The number of piperazine rings is 1. The maximum absolute atomic E-state index is 8.96. The number of H-pyrrole nitrogens is 1. The molecule has 7 heteroatoms. The summed E-state index contributed by atoms with van der Waals surface area (Å²) in [5, 5.41) is 16.6. The van der Waals surface area contributed by atoms with E-state index in [2.05, 4.69) is 75.2 Å². The molecule has 0 saturated carbocycles. The molecule has 1 aliphatic heterocycles. The van der Waals surface area contributed by atoms with Crippen molar-refractivity contribution >= 4 is 5.82 Å². The molecule has 1 atom stereocenters. The number of aromatic amines is 1. The normalized spacial score (nSPS) is 15.1. The predicted octanol–water partition coefficient (Wildman–Crippen LogP) is 4.46. The van der Waals surface area contributed by atoms with Gasteiger partial charge in [0, 0.05) is 55.4 Å². The Bertz CT molecular complexity index is 1290. The summed E-state index contributed by atoms with van der Waals surface area (Å²) in [6.07, 6.45) is 3.92. The van der Waals surface area contributed by atoms with Crippen LogP contribution in [0.5, 0.6) is 0 Å². The van der Waals surface area contributed by atoms with Crippen molar-refractivity contribution in [3.05, 3.63) is 95.1 Å². The van der Waals surface area contributed by atoms with E-state index < -0.39 is 0 Å². The van der Waals surface area contributed by atoms with Gasteiger partial charge in [-0.3, -0.25) is 15.0 Å². The topological polar surface area (TPSA) is 84.7 Å². The molecular formula is C28H29N7. The summed E-state index contributed by atoms with van der Waals surface area (Å²) in [5.41, 5.74) is 7.62. The van der Waals surface area contributed by atoms with Gasteiger partial charge in [-0.25, -0.2) is 4.98 Å². The van der Waals surface area contributed by atoms with Crippen molar-refractivity contribution < 1.29 is 0 Å². The summed E-state index contributed by atoms with van der Waals surface area (Å²) >= 11 is 0. The van der Waals surface area contributed by atoms with Gasteiger partial charge in [0.2, 0.25) is 0 Å². The Morgan fingerprint density at radius 2 is 1.66 bits per heavy atom. The molecule has 7 nitrogen and oxygen atoms in total. The van der Waals surface area contributed by atoms with Crippen LogP contribution in [0.15, 0.2) is 67.0 Å². The smallest absolute Gasteiger partial charge is 0.155 e. The number of anilines is 1. The van der Waals surface area contributed by atoms with E-state index >= 15 is 0 Å². The van der Waals surface area contributed by atoms with Gasteiger partial charge in [0.25, 0.3) is 0 Å². The van der Waals surface area contributed by atoms with Crippen LogP contribution in [0.25, 0.3) is 11.3 Å². The van der Waals surface area contributed by atoms with Crippen molar-refractivity contribution in [3.63, 3.8) is 0 Å². The standard InChI is InChI=1S/C28H29N7/c1-20-25(21(2)33-32-20)27(24-6-4-3-5-7-24)34-16-18-35(19-17-34)28-26(30-14-15-31-28)23-10-8-22(9-11-23)12-13-29/h3-11,14-15,27H,12,16-19H2,1-2H3,(H,32,33). The van der Waals surface area contributed by atoms with Crippen LogP contribution in [0.2, 0.25) is 0 Å². The third-order valence-electron chi connectivity index (χ3n) is 6.74. The van der Waals surface area contributed by atoms with Gasteiger partial charge in [-0.05, 0) is 25.0 Å². The number of rotatable bonds is 6. The second kappa shape index (κ2) is 10.1. The van der Waals surface area contributed by atoms with Gasteiger partial charge < -0.3 is 4.90 Å². The van der Waals surface area contributed by atoms with Gasteiger partial charge in [0.05, 0.1) is 24.2 Å². The van der Waals surface area contributed by atoms with Crippen LogP contribution in [0.3, 0.4) is 0 Å². The van der Waals surface area contributed by atoms with E-state index in [0.29, 0.717) is 6.42 Å². The molecule has 3 heterocycles. The highest BCUT2D eigenvalue weighted by atomic mass is 15.3. The molecule has 2 aromatic carbocycles. The zero-order chi connectivity index (χ0) is 24.2. The number of nitriles is 1. The van der Waals surface area contributed by atoms with Crippen molar-refractivity contribution in [1.82, 2.24) is 25.1 Å². The lowest BCUT2D eigenvalue weighted by Gasteiger charge is -2.40. The average molecular weight is 464 g/mol. The first kappa shape index (κ1) is 22.8. The van der Waals surface area contributed by atoms with Crippen LogP contribution in [-0.2, 0) is 6.42 Å². The Kier molecular flexibility index (Phi) is 6.55. The van der Waals surface area contributed by atoms with Gasteiger partial charge in [-0.2, -0.15) is 10.4 Å². The molecule has 0 spiro atoms. The maximum Gasteiger partial charge on any atom is 0.155 e. The van der Waals surface area contributed by atoms with Gasteiger partial charge in [0.1, 0.15) is 5.69 Å². The van der Waals surface area contributed by atoms with Crippen LogP contribution in [0.4, 0.5) is 5.82 Å². The molecule has 1 unspecified atom stereocenters. The molecule has 5 rings (SSSR count). The lowest BCUT2D eigenvalue weighted by Crippen LogP contribution is -2.48. The number of aryl methyl sites for hydroxylation is 2. The minimum absolute atomic E-state index is 0.158. The first-order valence-electron chi connectivity index (χ1n) is 12.0. The van der Waals surface area contributed by atoms with Crippen LogP contribution in [0, 0.1) is 25.2 Å². The maximum atomic E-state index is 8.96. The van der Waals surface area contributed by atoms with Crippen molar-refractivity contribution in [2.75, 3.05) is 31.1 Å². The molecule has 35 heavy (non-hydrogen) atoms. The highest BCUT2D eigenvalue weighted by molar-refractivity contribution is 5.72. The van der Waals surface area contributed by atoms with Gasteiger partial charge >= 0.3 is 0 Å². The van der Waals surface area contributed by atoms with Crippen molar-refractivity contribution in [1.29, 1.82) is 5.26 Å². The fourth-order valence-electron chi connectivity index (χ4n) is 4.99. The van der Waals surface area contributed by atoms with Gasteiger partial charge in [-0.15, -0.1) is 0 Å². The molecule has 4 aromatic rings. The second-order valence-corrected chi connectivity index (χ2v) is 8.94. The minimum Gasteiger partial charge on any atom is -0.352 e. The Morgan fingerprint density at radius 1 is 0.943 bits per heavy atom. The number of benzene rings is 2. The summed E-state index contributed by atoms with van der Waals surface area (Å²) < 4.78 is 0. The number of hydrogen-bond acceptors (Lipinski definition) is 6. The minimum atomic E-state index is 0.158. The van der Waals surface area contributed by atoms with E-state index in [1.807, 2.05) is 24.3 Å². The van der Waals surface area contributed by atoms with E-state index in [9.17, 15) is 0 Å². The van der Waals surface area contributed by atoms with Crippen molar-refractivity contribution in [2.24, 2.45) is 0 Å². The molecule has 1 aliphatic rings. The predicted molar refractivity (Wildman–Crippen MR) is 137 cm³/mol. The number of aromatic nitrogens is 4. The zero-order valence-corrected chi connectivity index (χ0v) is 20.1. The van der Waals surface area contributed by atoms with Crippen molar-refractivity contribution in [2.45, 2.75) is 26.3 Å². The van der Waals surface area contributed by atoms with Crippen LogP contribution >= 0.6 is 0 Å². The molecule has 0 aliphatic carbocycles. The van der Waals surface area contributed by atoms with E-state index in [4.69, 9.17) is 10.2 Å². The van der Waals surface area contributed by atoms with Crippen molar-refractivity contribution in [3.8, 4) is 17.3 Å². The summed E-state index contributed by atoms with van der Waals surface area (Å²) in [6, 6.07) is 21.1. The van der Waals surface area contributed by atoms with E-state index in [1.54, 1.807) is 12.4 Å². The van der Waals surface area contributed by atoms with E-state index in [0.717, 1.165) is 60.2 Å². The Morgan fingerprint density at radius 3 is 2.31 bits per heavy atom. The summed E-state index contributed by atoms with van der Waals surface area (Å²) in [4.78, 5) is 14.3. The molecule has 0 amide bonds. The second-order valence-electron chi connectivity index (χ2n) is 8.94. The highest BCUT2D eigenvalue weighted by Gasteiger charge is 2.30. The molecule has 176 valence electrons. The fourth-order valence-corrected chi connectivity index (χ4v) is 4.99. The largest absolute Gasteiger partial charge is 0.352 e. The highest BCUT2D eigenvalue weighted by Crippen LogP contribution is 2.34. The number of nitrogens with zero attached hydrogens (tertiary/aromatic N) is 6. The zero-order valence-electron chi connectivity index (χ0n) is 20.1. The molecule has 2 aromatic heterocycles. The fraction of sp³-hybridized carbons (Fsp3) is 0.286. The van der Waals surface area contributed by atoms with Gasteiger partial charge in [-0.1, -0.05) is 54.6 Å². The molecule has 1 N–H and O–H groups in total. The Balaban J connectivity index is 1.39. The lowest BCUT2D eigenvalue weighted by atomic mass is 9.95. The first-order valence-corrected chi connectivity index (χ1v) is 12.0. The average Bonchev–Trinajstić information content (AvgIpc) is 3.24. The molecule has 1 saturated heterocycles. The molecule has 1 fully saturated rings. The summed E-state index contributed by atoms with van der Waals surface area (Å²) in [5.74, 6) is 0.909. The van der Waals surface area contributed by atoms with E-state index in [1.165, 1.54) is 11.1 Å². The monoisotopic (exact) mass is 463 g/mol. The number of nitrogens with one attached hydrogen (secondary N) is 1. The third-order valence-corrected chi connectivity index (χ3v) is 6.74. The Labute approximate surface area is 206 Å². The molecule has 0 radical (unpaired) electrons. The first-order chi connectivity index (χ1) is 17.2. The number of hydrogen-bond donors (Lipinski definition) is 1. The summed E-state index contributed by atoms with van der Waals surface area (Å²) in [6.45, 7) is 7.71.